The number of ether oxygens (including phenoxy) is 1. The second-order valence-electron chi connectivity index (χ2n) is 5.31. The number of anilines is 1. The van der Waals surface area contributed by atoms with Crippen LogP contribution in [0.1, 0.15) is 26.7 Å². The number of amides is 1. The first-order chi connectivity index (χ1) is 9.23. The summed E-state index contributed by atoms with van der Waals surface area (Å²) in [6.07, 6.45) is -0.0790. The lowest BCUT2D eigenvalue weighted by Gasteiger charge is -2.21. The molecule has 0 bridgehead atoms. The van der Waals surface area contributed by atoms with E-state index in [0.29, 0.717) is 5.69 Å². The number of hydrogen-bond acceptors (Lipinski definition) is 3. The van der Waals surface area contributed by atoms with Gasteiger partial charge in [-0.05, 0) is 17.5 Å². The minimum atomic E-state index is -0.960. The Bertz CT molecular complexity index is 514. The van der Waals surface area contributed by atoms with Crippen LogP contribution in [0.5, 0.6) is 5.75 Å². The van der Waals surface area contributed by atoms with Crippen LogP contribution in [-0.4, -0.2) is 24.1 Å². The van der Waals surface area contributed by atoms with Gasteiger partial charge in [0.25, 0.3) is 0 Å². The van der Waals surface area contributed by atoms with Crippen LogP contribution in [0.25, 0.3) is 0 Å². The smallest absolute Gasteiger partial charge is 0.303 e. The van der Waals surface area contributed by atoms with Crippen LogP contribution >= 0.6 is 0 Å². The van der Waals surface area contributed by atoms with Crippen molar-refractivity contribution in [3.05, 3.63) is 24.0 Å². The molecule has 0 aromatic heterocycles. The number of benzene rings is 1. The molecule has 0 atom stereocenters. The lowest BCUT2D eigenvalue weighted by atomic mass is 9.85. The lowest BCUT2D eigenvalue weighted by molar-refractivity contribution is -0.139. The van der Waals surface area contributed by atoms with E-state index in [1.807, 2.05) is 0 Å². The molecule has 0 radical (unpaired) electrons. The first-order valence-electron chi connectivity index (χ1n) is 6.09. The number of carbonyl (C=O) groups excluding carboxylic acids is 1. The number of aliphatic carboxylic acids is 1. The van der Waals surface area contributed by atoms with Crippen molar-refractivity contribution in [1.82, 2.24) is 0 Å². The van der Waals surface area contributed by atoms with Gasteiger partial charge in [-0.15, -0.1) is 0 Å². The molecule has 0 aliphatic rings. The van der Waals surface area contributed by atoms with Gasteiger partial charge in [0.15, 0.2) is 11.6 Å². The van der Waals surface area contributed by atoms with Crippen molar-refractivity contribution in [3.63, 3.8) is 0 Å². The van der Waals surface area contributed by atoms with E-state index < -0.39 is 17.2 Å². The number of methoxy groups -OCH3 is 1. The van der Waals surface area contributed by atoms with Crippen molar-refractivity contribution in [2.24, 2.45) is 5.41 Å². The molecule has 5 nitrogen and oxygen atoms in total. The molecule has 0 fully saturated rings. The summed E-state index contributed by atoms with van der Waals surface area (Å²) in [5.41, 5.74) is -0.361. The van der Waals surface area contributed by atoms with Gasteiger partial charge in [-0.25, -0.2) is 4.39 Å². The van der Waals surface area contributed by atoms with E-state index in [2.05, 4.69) is 5.32 Å². The first-order valence-corrected chi connectivity index (χ1v) is 6.09. The Morgan fingerprint density at radius 1 is 1.35 bits per heavy atom. The van der Waals surface area contributed by atoms with E-state index in [1.165, 1.54) is 19.2 Å². The van der Waals surface area contributed by atoms with E-state index in [9.17, 15) is 14.0 Å². The Morgan fingerprint density at radius 2 is 2.00 bits per heavy atom. The highest BCUT2D eigenvalue weighted by atomic mass is 19.1. The van der Waals surface area contributed by atoms with Crippen LogP contribution in [0, 0.1) is 11.2 Å². The predicted octanol–water partition coefficient (Wildman–Crippen LogP) is 2.66. The summed E-state index contributed by atoms with van der Waals surface area (Å²) >= 11 is 0. The third kappa shape index (κ3) is 4.87. The molecule has 0 aliphatic carbocycles. The zero-order chi connectivity index (χ0) is 15.3. The van der Waals surface area contributed by atoms with Crippen LogP contribution < -0.4 is 10.1 Å². The minimum Gasteiger partial charge on any atom is -0.494 e. The molecule has 1 aromatic rings. The van der Waals surface area contributed by atoms with Gasteiger partial charge in [0.1, 0.15) is 0 Å². The van der Waals surface area contributed by atoms with Crippen LogP contribution in [0.4, 0.5) is 10.1 Å². The molecule has 1 aromatic carbocycles. The van der Waals surface area contributed by atoms with Crippen molar-refractivity contribution < 1.29 is 23.8 Å². The topological polar surface area (TPSA) is 75.6 Å². The maximum absolute atomic E-state index is 13.5. The van der Waals surface area contributed by atoms with Crippen molar-refractivity contribution in [2.75, 3.05) is 12.4 Å². The highest BCUT2D eigenvalue weighted by Crippen LogP contribution is 2.26. The van der Waals surface area contributed by atoms with Gasteiger partial charge >= 0.3 is 5.97 Å². The van der Waals surface area contributed by atoms with Crippen molar-refractivity contribution in [1.29, 1.82) is 0 Å². The van der Waals surface area contributed by atoms with Crippen LogP contribution in [0.3, 0.4) is 0 Å². The Kier molecular flexibility index (Phi) is 5.07. The van der Waals surface area contributed by atoms with Gasteiger partial charge in [0, 0.05) is 18.2 Å². The lowest BCUT2D eigenvalue weighted by Crippen LogP contribution is -2.24. The maximum Gasteiger partial charge on any atom is 0.303 e. The number of carboxylic acids is 1. The van der Waals surface area contributed by atoms with Crippen LogP contribution in [0.2, 0.25) is 0 Å². The molecule has 0 unspecified atom stereocenters. The average molecular weight is 283 g/mol. The van der Waals surface area contributed by atoms with Gasteiger partial charge in [-0.3, -0.25) is 9.59 Å². The summed E-state index contributed by atoms with van der Waals surface area (Å²) in [7, 11) is 1.35. The van der Waals surface area contributed by atoms with Crippen molar-refractivity contribution in [2.45, 2.75) is 26.7 Å². The number of rotatable bonds is 6. The molecule has 0 spiro atoms. The molecule has 0 saturated carbocycles. The SMILES string of the molecule is COc1ccc(NC(=O)CC(C)(C)CC(=O)O)cc1F. The third-order valence-electron chi connectivity index (χ3n) is 2.70. The van der Waals surface area contributed by atoms with Gasteiger partial charge in [0.2, 0.25) is 5.91 Å². The second-order valence-corrected chi connectivity index (χ2v) is 5.31. The second kappa shape index (κ2) is 6.36. The molecule has 0 heterocycles. The molecule has 20 heavy (non-hydrogen) atoms. The largest absolute Gasteiger partial charge is 0.494 e. The third-order valence-corrected chi connectivity index (χ3v) is 2.70. The van der Waals surface area contributed by atoms with Gasteiger partial charge in [-0.1, -0.05) is 13.8 Å². The van der Waals surface area contributed by atoms with E-state index in [1.54, 1.807) is 13.8 Å². The number of carbonyl (C=O) groups is 2. The fraction of sp³-hybridized carbons (Fsp3) is 0.429. The Labute approximate surface area is 116 Å². The van der Waals surface area contributed by atoms with Crippen molar-refractivity contribution in [3.8, 4) is 5.75 Å². The fourth-order valence-corrected chi connectivity index (χ4v) is 1.86. The van der Waals surface area contributed by atoms with Gasteiger partial charge < -0.3 is 15.2 Å². The molecule has 1 rings (SSSR count). The van der Waals surface area contributed by atoms with E-state index in [0.717, 1.165) is 6.07 Å². The Balaban J connectivity index is 2.67. The number of nitrogens with one attached hydrogen (secondary N) is 1. The number of carboxylic acid groups (broad SMARTS) is 1. The monoisotopic (exact) mass is 283 g/mol. The summed E-state index contributed by atoms with van der Waals surface area (Å²) in [4.78, 5) is 22.5. The molecule has 110 valence electrons. The zero-order valence-electron chi connectivity index (χ0n) is 11.7. The standard InChI is InChI=1S/C14H18FNO4/c1-14(2,8-13(18)19)7-12(17)16-9-4-5-11(20-3)10(15)6-9/h4-6H,7-8H2,1-3H3,(H,16,17)(H,18,19). The summed E-state index contributed by atoms with van der Waals surface area (Å²) in [6, 6.07) is 4.08. The average Bonchev–Trinajstić information content (AvgIpc) is 2.25. The molecular weight excluding hydrogens is 265 g/mol. The molecule has 0 saturated heterocycles. The van der Waals surface area contributed by atoms with E-state index in [-0.39, 0.29) is 24.5 Å². The molecule has 2 N–H and O–H groups in total. The van der Waals surface area contributed by atoms with Crippen LogP contribution in [0.15, 0.2) is 18.2 Å². The maximum atomic E-state index is 13.5. The minimum absolute atomic E-state index is 0.0347. The fourth-order valence-electron chi connectivity index (χ4n) is 1.86. The quantitative estimate of drug-likeness (QED) is 0.841. The first kappa shape index (κ1) is 15.9. The predicted molar refractivity (Wildman–Crippen MR) is 72.2 cm³/mol. The highest BCUT2D eigenvalue weighted by Gasteiger charge is 2.25. The molecule has 0 aliphatic heterocycles. The van der Waals surface area contributed by atoms with Gasteiger partial charge in [0.05, 0.1) is 13.5 Å². The Hall–Kier alpha value is -2.11. The summed E-state index contributed by atoms with van der Waals surface area (Å²) in [5, 5.41) is 11.3. The Morgan fingerprint density at radius 3 is 2.50 bits per heavy atom. The number of halogens is 1. The van der Waals surface area contributed by atoms with E-state index >= 15 is 0 Å². The molecule has 1 amide bonds. The summed E-state index contributed by atoms with van der Waals surface area (Å²) in [6.45, 7) is 3.38. The van der Waals surface area contributed by atoms with Gasteiger partial charge in [-0.2, -0.15) is 0 Å². The molecular formula is C14H18FNO4. The normalized spacial score (nSPS) is 11.0. The van der Waals surface area contributed by atoms with Crippen molar-refractivity contribution >= 4 is 17.6 Å². The highest BCUT2D eigenvalue weighted by molar-refractivity contribution is 5.91. The van der Waals surface area contributed by atoms with Crippen LogP contribution in [-0.2, 0) is 9.59 Å². The number of hydrogen-bond donors (Lipinski definition) is 2. The summed E-state index contributed by atoms with van der Waals surface area (Å²) < 4.78 is 18.2. The van der Waals surface area contributed by atoms with E-state index in [4.69, 9.17) is 9.84 Å². The molecule has 6 heteroatoms. The summed E-state index contributed by atoms with van der Waals surface area (Å²) in [5.74, 6) is -1.80. The zero-order valence-corrected chi connectivity index (χ0v) is 11.7.